The van der Waals surface area contributed by atoms with Crippen LogP contribution in [0.15, 0.2) is 35.7 Å². The van der Waals surface area contributed by atoms with E-state index in [1.165, 1.54) is 29.0 Å². The number of nitrogens with two attached hydrogens (primary N) is 1. The van der Waals surface area contributed by atoms with E-state index < -0.39 is 53.1 Å². The zero-order chi connectivity index (χ0) is 33.2. The lowest BCUT2D eigenvalue weighted by molar-refractivity contribution is -0.139. The average molecular weight is 634 g/mol. The number of hydrogen-bond donors (Lipinski definition) is 4. The number of imidazole rings is 1. The molecule has 2 aliphatic rings. The zero-order valence-corrected chi connectivity index (χ0v) is 26.1. The maximum Gasteiger partial charge on any atom is 0.287 e. The Bertz CT molecular complexity index is 1680. The van der Waals surface area contributed by atoms with Crippen LogP contribution < -0.4 is 11.1 Å². The number of aromatic amines is 1. The lowest BCUT2D eigenvalue weighted by Gasteiger charge is -2.27. The Balaban J connectivity index is 1.50. The van der Waals surface area contributed by atoms with Gasteiger partial charge in [-0.25, -0.2) is 14.7 Å². The molecule has 15 heteroatoms. The fourth-order valence-corrected chi connectivity index (χ4v) is 6.27. The zero-order valence-electron chi connectivity index (χ0n) is 26.1. The number of Topliss-reactive ketones (excluding diaryl/α,β-unsaturated/α-hetero) is 1. The summed E-state index contributed by atoms with van der Waals surface area (Å²) < 4.78 is 1.48. The second-order valence-corrected chi connectivity index (χ2v) is 12.7. The Hall–Kier alpha value is -4.79. The van der Waals surface area contributed by atoms with Gasteiger partial charge in [0.15, 0.2) is 0 Å². The Morgan fingerprint density at radius 2 is 1.91 bits per heavy atom. The van der Waals surface area contributed by atoms with Crippen LogP contribution in [0.1, 0.15) is 87.8 Å². The van der Waals surface area contributed by atoms with Crippen LogP contribution in [0.4, 0.5) is 0 Å². The lowest BCUT2D eigenvalue weighted by Crippen LogP contribution is -2.52. The maximum absolute atomic E-state index is 14.4. The van der Waals surface area contributed by atoms with E-state index in [1.54, 1.807) is 32.0 Å². The van der Waals surface area contributed by atoms with E-state index >= 15 is 0 Å². The third kappa shape index (κ3) is 7.03. The number of hydrogen-bond acceptors (Lipinski definition) is 9. The molecule has 3 aromatic rings. The summed E-state index contributed by atoms with van der Waals surface area (Å²) in [7, 11) is 0. The fourth-order valence-electron chi connectivity index (χ4n) is 6.27. The summed E-state index contributed by atoms with van der Waals surface area (Å²) in [6.07, 6.45) is 8.12. The Labute approximate surface area is 265 Å². The monoisotopic (exact) mass is 633 g/mol. The first-order valence-electron chi connectivity index (χ1n) is 15.5. The number of nitrogens with zero attached hydrogens (tertiary/aromatic N) is 6. The van der Waals surface area contributed by atoms with Crippen molar-refractivity contribution in [2.75, 3.05) is 6.54 Å². The summed E-state index contributed by atoms with van der Waals surface area (Å²) in [5.74, 6) is -3.93. The van der Waals surface area contributed by atoms with Crippen molar-refractivity contribution in [1.82, 2.24) is 35.2 Å². The summed E-state index contributed by atoms with van der Waals surface area (Å²) in [6, 6.07) is 1.98. The number of rotatable bonds is 10. The maximum atomic E-state index is 14.4. The van der Waals surface area contributed by atoms with Crippen molar-refractivity contribution in [2.45, 2.75) is 89.4 Å². The van der Waals surface area contributed by atoms with Crippen molar-refractivity contribution in [1.29, 1.82) is 0 Å². The van der Waals surface area contributed by atoms with Crippen LogP contribution in [0.25, 0.3) is 11.0 Å². The molecular formula is C31H39N9O6. The van der Waals surface area contributed by atoms with E-state index in [4.69, 9.17) is 5.73 Å². The average Bonchev–Trinajstić information content (AvgIpc) is 3.79. The van der Waals surface area contributed by atoms with E-state index in [-0.39, 0.29) is 36.6 Å². The molecule has 1 aromatic carbocycles. The number of carbonyl (C=O) groups is 5. The van der Waals surface area contributed by atoms with Crippen molar-refractivity contribution < 1.29 is 29.1 Å². The molecule has 1 aliphatic carbocycles. The number of ketones is 1. The van der Waals surface area contributed by atoms with Crippen LogP contribution in [0, 0.1) is 5.92 Å². The van der Waals surface area contributed by atoms with Gasteiger partial charge in [0.1, 0.15) is 17.4 Å². The third-order valence-corrected chi connectivity index (χ3v) is 8.74. The molecule has 0 bridgehead atoms. The second kappa shape index (κ2) is 13.3. The van der Waals surface area contributed by atoms with E-state index in [9.17, 15) is 29.1 Å². The molecule has 3 heterocycles. The molecule has 1 unspecified atom stereocenters. The van der Waals surface area contributed by atoms with Gasteiger partial charge in [0, 0.05) is 18.5 Å². The van der Waals surface area contributed by atoms with Gasteiger partial charge in [0.05, 0.1) is 41.3 Å². The van der Waals surface area contributed by atoms with Gasteiger partial charge < -0.3 is 26.0 Å². The number of nitrogens with one attached hydrogen (secondary N) is 2. The number of aliphatic hydroxyl groups is 1. The molecule has 1 saturated carbocycles. The molecule has 0 spiro atoms. The highest BCUT2D eigenvalue weighted by Crippen LogP contribution is 2.33. The standard InChI is InChI=1S/C31H39N9O6/c1-17(26(41)27(32)42)36-29(44)24-13-20(40-25(14-35-38-40)31(2,3)46)15-39(24)30(45)23(11-18-7-5-4-6-8-18)37-28(43)19-9-10-21-22(12-19)34-16-33-21/h9-10,12,14,16-18,20,24,46H,4-8,11,13,15H2,1-3H3,(H2,32,42)(H,33,34)(H,36,44)/b37-23+/t17?,20-,24-/m0/s1. The topological polar surface area (TPSA) is 219 Å². The van der Waals surface area contributed by atoms with Gasteiger partial charge in [-0.05, 0) is 51.3 Å². The molecule has 1 saturated heterocycles. The second-order valence-electron chi connectivity index (χ2n) is 12.7. The SMILES string of the molecule is CC(NC(=O)[C@@H]1C[C@H](n2nncc2C(C)(C)O)CN1C(=O)/C(CC1CCCCC1)=N/C(=O)c1ccc2nc[nH]c2c1)C(=O)C(N)=O. The number of fused-ring (bicyclic) bond motifs is 1. The van der Waals surface area contributed by atoms with Crippen LogP contribution in [0.3, 0.4) is 0 Å². The molecule has 46 heavy (non-hydrogen) atoms. The molecular weight excluding hydrogens is 594 g/mol. The summed E-state index contributed by atoms with van der Waals surface area (Å²) >= 11 is 0. The van der Waals surface area contributed by atoms with Gasteiger partial charge in [-0.3, -0.25) is 24.0 Å². The molecule has 15 nitrogen and oxygen atoms in total. The quantitative estimate of drug-likeness (QED) is 0.187. The van der Waals surface area contributed by atoms with Gasteiger partial charge in [0.25, 0.3) is 17.7 Å². The van der Waals surface area contributed by atoms with Crippen LogP contribution >= 0.6 is 0 Å². The summed E-state index contributed by atoms with van der Waals surface area (Å²) in [4.78, 5) is 78.0. The summed E-state index contributed by atoms with van der Waals surface area (Å²) in [6.45, 7) is 4.46. The molecule has 0 radical (unpaired) electrons. The van der Waals surface area contributed by atoms with Gasteiger partial charge in [-0.15, -0.1) is 5.10 Å². The lowest BCUT2D eigenvalue weighted by atomic mass is 9.85. The predicted molar refractivity (Wildman–Crippen MR) is 165 cm³/mol. The van der Waals surface area contributed by atoms with E-state index in [0.29, 0.717) is 16.7 Å². The van der Waals surface area contributed by atoms with Crippen molar-refractivity contribution in [3.05, 3.63) is 42.0 Å². The first-order chi connectivity index (χ1) is 21.8. The Kier molecular flexibility index (Phi) is 9.42. The van der Waals surface area contributed by atoms with Gasteiger partial charge in [-0.1, -0.05) is 37.3 Å². The summed E-state index contributed by atoms with van der Waals surface area (Å²) in [5.41, 5.74) is 5.82. The van der Waals surface area contributed by atoms with Crippen molar-refractivity contribution in [2.24, 2.45) is 16.6 Å². The molecule has 4 amide bonds. The van der Waals surface area contributed by atoms with Crippen LogP contribution in [0.2, 0.25) is 0 Å². The minimum Gasteiger partial charge on any atom is -0.384 e. The van der Waals surface area contributed by atoms with Gasteiger partial charge in [0.2, 0.25) is 11.7 Å². The molecule has 2 fully saturated rings. The molecule has 244 valence electrons. The van der Waals surface area contributed by atoms with Crippen LogP contribution in [0.5, 0.6) is 0 Å². The number of aliphatic imine (C=N–C) groups is 1. The van der Waals surface area contributed by atoms with Crippen molar-refractivity contribution in [3.63, 3.8) is 0 Å². The highest BCUT2D eigenvalue weighted by Gasteiger charge is 2.44. The molecule has 5 rings (SSSR count). The number of primary amides is 1. The first-order valence-corrected chi connectivity index (χ1v) is 15.5. The number of carbonyl (C=O) groups excluding carboxylic acids is 5. The first kappa shape index (κ1) is 32.6. The predicted octanol–water partition coefficient (Wildman–Crippen LogP) is 1.33. The van der Waals surface area contributed by atoms with Gasteiger partial charge in [-0.2, -0.15) is 0 Å². The number of H-pyrrole nitrogens is 1. The Morgan fingerprint density at radius 3 is 2.61 bits per heavy atom. The highest BCUT2D eigenvalue weighted by molar-refractivity contribution is 6.41. The smallest absolute Gasteiger partial charge is 0.287 e. The fraction of sp³-hybridized carbons (Fsp3) is 0.516. The minimum atomic E-state index is -1.32. The summed E-state index contributed by atoms with van der Waals surface area (Å²) in [5, 5.41) is 21.3. The third-order valence-electron chi connectivity index (χ3n) is 8.74. The molecule has 5 N–H and O–H groups in total. The number of benzene rings is 1. The van der Waals surface area contributed by atoms with Crippen molar-refractivity contribution in [3.8, 4) is 0 Å². The van der Waals surface area contributed by atoms with Gasteiger partial charge >= 0.3 is 0 Å². The molecule has 2 aromatic heterocycles. The minimum absolute atomic E-state index is 0.0144. The molecule has 1 aliphatic heterocycles. The highest BCUT2D eigenvalue weighted by atomic mass is 16.3. The number of amides is 4. The molecule has 3 atom stereocenters. The Morgan fingerprint density at radius 1 is 1.17 bits per heavy atom. The van der Waals surface area contributed by atoms with E-state index in [2.05, 4.69) is 30.6 Å². The normalized spacial score (nSPS) is 20.1. The number of aromatic nitrogens is 5. The van der Waals surface area contributed by atoms with E-state index in [0.717, 1.165) is 32.1 Å². The largest absolute Gasteiger partial charge is 0.384 e. The number of likely N-dealkylation sites (tertiary alicyclic amines) is 1. The van der Waals surface area contributed by atoms with E-state index in [1.807, 2.05) is 0 Å². The van der Waals surface area contributed by atoms with Crippen LogP contribution in [-0.2, 0) is 24.8 Å². The van der Waals surface area contributed by atoms with Crippen LogP contribution in [-0.4, -0.2) is 88.7 Å². The van der Waals surface area contributed by atoms with Crippen molar-refractivity contribution >= 4 is 46.2 Å².